The lowest BCUT2D eigenvalue weighted by molar-refractivity contribution is -0.114. The molecule has 0 unspecified atom stereocenters. The van der Waals surface area contributed by atoms with Gasteiger partial charge >= 0.3 is 0 Å². The van der Waals surface area contributed by atoms with E-state index in [1.165, 1.54) is 6.92 Å². The summed E-state index contributed by atoms with van der Waals surface area (Å²) < 4.78 is 0. The van der Waals surface area contributed by atoms with Gasteiger partial charge in [0.05, 0.1) is 5.75 Å². The average molecular weight is 279 g/mol. The van der Waals surface area contributed by atoms with Crippen LogP contribution in [0.2, 0.25) is 0 Å². The maximum absolute atomic E-state index is 11.9. The number of thioether (sulfide) groups is 1. The van der Waals surface area contributed by atoms with E-state index in [9.17, 15) is 9.59 Å². The monoisotopic (exact) mass is 279 g/mol. The quantitative estimate of drug-likeness (QED) is 0.921. The van der Waals surface area contributed by atoms with Crippen LogP contribution in [0.4, 0.5) is 5.69 Å². The molecule has 1 amide bonds. The number of rotatable bonds is 3. The van der Waals surface area contributed by atoms with Gasteiger partial charge in [-0.3, -0.25) is 9.59 Å². The van der Waals surface area contributed by atoms with Gasteiger partial charge in [0.2, 0.25) is 5.91 Å². The number of amides is 1. The molecule has 0 aliphatic rings. The minimum atomic E-state index is -0.139. The van der Waals surface area contributed by atoms with Crippen LogP contribution in [-0.4, -0.2) is 16.8 Å². The first kappa shape index (κ1) is 15.8. The number of anilines is 1. The Morgan fingerprint density at radius 2 is 1.89 bits per heavy atom. The molecule has 1 rings (SSSR count). The zero-order valence-electron chi connectivity index (χ0n) is 12.2. The normalized spacial score (nSPS) is 11.2. The van der Waals surface area contributed by atoms with E-state index < -0.39 is 0 Å². The van der Waals surface area contributed by atoms with E-state index in [0.29, 0.717) is 0 Å². The molecule has 1 N–H and O–H groups in total. The molecule has 3 nitrogen and oxygen atoms in total. The summed E-state index contributed by atoms with van der Waals surface area (Å²) in [5.41, 5.74) is 2.97. The minimum Gasteiger partial charge on any atom is -0.325 e. The highest BCUT2D eigenvalue weighted by Crippen LogP contribution is 2.31. The first-order valence-electron chi connectivity index (χ1n) is 6.25. The van der Waals surface area contributed by atoms with Gasteiger partial charge in [-0.25, -0.2) is 0 Å². The molecule has 0 radical (unpaired) electrons. The van der Waals surface area contributed by atoms with Crippen molar-refractivity contribution in [2.75, 3.05) is 11.1 Å². The molecule has 0 atom stereocenters. The molecule has 19 heavy (non-hydrogen) atoms. The second kappa shape index (κ2) is 6.24. The molecule has 0 aromatic heterocycles. The van der Waals surface area contributed by atoms with Gasteiger partial charge in [-0.15, -0.1) is 0 Å². The molecule has 1 aromatic rings. The Morgan fingerprint density at radius 3 is 2.42 bits per heavy atom. The number of hydrogen-bond acceptors (Lipinski definition) is 3. The van der Waals surface area contributed by atoms with Crippen molar-refractivity contribution in [1.29, 1.82) is 0 Å². The van der Waals surface area contributed by atoms with Crippen LogP contribution < -0.4 is 5.32 Å². The van der Waals surface area contributed by atoms with E-state index in [2.05, 4.69) is 26.1 Å². The van der Waals surface area contributed by atoms with Crippen LogP contribution in [-0.2, 0) is 15.0 Å². The maximum atomic E-state index is 11.9. The summed E-state index contributed by atoms with van der Waals surface area (Å²) in [6.07, 6.45) is 0. The van der Waals surface area contributed by atoms with Gasteiger partial charge in [-0.1, -0.05) is 50.7 Å². The zero-order valence-corrected chi connectivity index (χ0v) is 13.0. The summed E-state index contributed by atoms with van der Waals surface area (Å²) in [6.45, 7) is 9.78. The van der Waals surface area contributed by atoms with Crippen molar-refractivity contribution in [1.82, 2.24) is 0 Å². The highest BCUT2D eigenvalue weighted by molar-refractivity contribution is 8.14. The van der Waals surface area contributed by atoms with Gasteiger partial charge < -0.3 is 5.32 Å². The predicted octanol–water partition coefficient (Wildman–Crippen LogP) is 3.51. The van der Waals surface area contributed by atoms with Crippen LogP contribution in [0.15, 0.2) is 18.2 Å². The summed E-state index contributed by atoms with van der Waals surface area (Å²) >= 11 is 1.03. The largest absolute Gasteiger partial charge is 0.325 e. The number of benzene rings is 1. The van der Waals surface area contributed by atoms with Crippen LogP contribution in [0.3, 0.4) is 0 Å². The van der Waals surface area contributed by atoms with Crippen LogP contribution in [0, 0.1) is 6.92 Å². The van der Waals surface area contributed by atoms with Crippen LogP contribution in [0.1, 0.15) is 38.8 Å². The van der Waals surface area contributed by atoms with Gasteiger partial charge in [0, 0.05) is 12.6 Å². The maximum Gasteiger partial charge on any atom is 0.234 e. The summed E-state index contributed by atoms with van der Waals surface area (Å²) in [7, 11) is 0. The molecule has 0 aliphatic carbocycles. The topological polar surface area (TPSA) is 46.2 Å². The lowest BCUT2D eigenvalue weighted by Crippen LogP contribution is -2.21. The molecule has 0 spiro atoms. The molecule has 4 heteroatoms. The first-order chi connectivity index (χ1) is 8.71. The van der Waals surface area contributed by atoms with Gasteiger partial charge in [-0.2, -0.15) is 0 Å². The Morgan fingerprint density at radius 1 is 1.26 bits per heavy atom. The van der Waals surface area contributed by atoms with E-state index in [4.69, 9.17) is 0 Å². The van der Waals surface area contributed by atoms with Gasteiger partial charge in [0.1, 0.15) is 0 Å². The molecule has 0 fully saturated rings. The van der Waals surface area contributed by atoms with Crippen LogP contribution in [0.25, 0.3) is 0 Å². The standard InChI is InChI=1S/C15H21NO2S/c1-10-7-6-8-12(15(3,4)5)14(10)16-13(18)9-19-11(2)17/h6-8H,9H2,1-5H3,(H,16,18). The number of para-hydroxylation sites is 1. The van der Waals surface area contributed by atoms with Crippen molar-refractivity contribution in [2.24, 2.45) is 0 Å². The summed E-state index contributed by atoms with van der Waals surface area (Å²) in [5.74, 6) is 0.0211. The third-order valence-electron chi connectivity index (χ3n) is 2.75. The van der Waals surface area contributed by atoms with E-state index in [0.717, 1.165) is 28.6 Å². The first-order valence-corrected chi connectivity index (χ1v) is 7.23. The molecule has 1 aromatic carbocycles. The average Bonchev–Trinajstić information content (AvgIpc) is 2.27. The number of carbonyl (C=O) groups is 2. The zero-order chi connectivity index (χ0) is 14.6. The summed E-state index contributed by atoms with van der Waals surface area (Å²) in [5, 5.41) is 2.88. The summed E-state index contributed by atoms with van der Waals surface area (Å²) in [4.78, 5) is 22.7. The Labute approximate surface area is 119 Å². The molecular weight excluding hydrogens is 258 g/mol. The molecular formula is C15H21NO2S. The number of nitrogens with one attached hydrogen (secondary N) is 1. The van der Waals surface area contributed by atoms with E-state index >= 15 is 0 Å². The van der Waals surface area contributed by atoms with Crippen LogP contribution >= 0.6 is 11.8 Å². The second-order valence-corrected chi connectivity index (χ2v) is 6.73. The van der Waals surface area contributed by atoms with E-state index in [-0.39, 0.29) is 22.2 Å². The van der Waals surface area contributed by atoms with E-state index in [1.54, 1.807) is 0 Å². The Hall–Kier alpha value is -1.29. The van der Waals surface area contributed by atoms with Gasteiger partial charge in [0.15, 0.2) is 5.12 Å². The van der Waals surface area contributed by atoms with Crippen LogP contribution in [0.5, 0.6) is 0 Å². The lowest BCUT2D eigenvalue weighted by Gasteiger charge is -2.24. The molecule has 0 bridgehead atoms. The van der Waals surface area contributed by atoms with Crippen molar-refractivity contribution in [3.8, 4) is 0 Å². The lowest BCUT2D eigenvalue weighted by atomic mass is 9.84. The van der Waals surface area contributed by atoms with Gasteiger partial charge in [0.25, 0.3) is 0 Å². The minimum absolute atomic E-state index is 0.0393. The second-order valence-electron chi connectivity index (χ2n) is 5.58. The molecule has 0 aliphatic heterocycles. The fourth-order valence-electron chi connectivity index (χ4n) is 1.80. The van der Waals surface area contributed by atoms with Crippen molar-refractivity contribution in [2.45, 2.75) is 40.0 Å². The smallest absolute Gasteiger partial charge is 0.234 e. The van der Waals surface area contributed by atoms with Crippen molar-refractivity contribution in [3.05, 3.63) is 29.3 Å². The molecule has 104 valence electrons. The fourth-order valence-corrected chi connectivity index (χ4v) is 2.21. The number of aryl methyl sites for hydroxylation is 1. The Balaban J connectivity index is 2.94. The van der Waals surface area contributed by atoms with Gasteiger partial charge in [-0.05, 0) is 23.5 Å². The third kappa shape index (κ3) is 4.71. The highest BCUT2D eigenvalue weighted by atomic mass is 32.2. The predicted molar refractivity (Wildman–Crippen MR) is 81.6 cm³/mol. The number of hydrogen-bond donors (Lipinski definition) is 1. The fraction of sp³-hybridized carbons (Fsp3) is 0.467. The highest BCUT2D eigenvalue weighted by Gasteiger charge is 2.20. The van der Waals surface area contributed by atoms with Crippen molar-refractivity contribution < 1.29 is 9.59 Å². The van der Waals surface area contributed by atoms with E-state index in [1.807, 2.05) is 25.1 Å². The molecule has 0 saturated heterocycles. The Bertz CT molecular complexity index is 489. The van der Waals surface area contributed by atoms with Crippen molar-refractivity contribution >= 4 is 28.5 Å². The Kier molecular flexibility index (Phi) is 5.18. The summed E-state index contributed by atoms with van der Waals surface area (Å²) in [6, 6.07) is 6.00. The third-order valence-corrected chi connectivity index (χ3v) is 3.56. The molecule has 0 heterocycles. The SMILES string of the molecule is CC(=O)SCC(=O)Nc1c(C)cccc1C(C)(C)C. The number of carbonyl (C=O) groups excluding carboxylic acids is 2. The van der Waals surface area contributed by atoms with Crippen molar-refractivity contribution in [3.63, 3.8) is 0 Å². The molecule has 0 saturated carbocycles.